The second kappa shape index (κ2) is 9.36. The molecule has 146 valence electrons. The Balaban J connectivity index is 2.05. The molecule has 0 spiro atoms. The number of hydrogen-bond acceptors (Lipinski definition) is 5. The fraction of sp³-hybridized carbons (Fsp3) is 0.211. The molecule has 2 N–H and O–H groups in total. The van der Waals surface area contributed by atoms with Crippen LogP contribution in [0.3, 0.4) is 0 Å². The Labute approximate surface area is 160 Å². The highest BCUT2D eigenvalue weighted by Crippen LogP contribution is 2.12. The van der Waals surface area contributed by atoms with Crippen molar-refractivity contribution in [3.05, 3.63) is 75.6 Å². The largest absolute Gasteiger partial charge is 0.340 e. The zero-order chi connectivity index (χ0) is 20.7. The van der Waals surface area contributed by atoms with Crippen molar-refractivity contribution in [3.8, 4) is 0 Å². The molecule has 0 saturated carbocycles. The molecular weight excluding hydrogens is 367 g/mol. The van der Waals surface area contributed by atoms with E-state index in [9.17, 15) is 24.1 Å². The molecule has 0 aliphatic carbocycles. The maximum Gasteiger partial charge on any atom is 0.270 e. The van der Waals surface area contributed by atoms with Crippen LogP contribution in [0, 0.1) is 21.8 Å². The van der Waals surface area contributed by atoms with Crippen molar-refractivity contribution in [1.82, 2.24) is 10.7 Å². The van der Waals surface area contributed by atoms with Crippen LogP contribution in [0.2, 0.25) is 0 Å². The van der Waals surface area contributed by atoms with Crippen LogP contribution in [0.15, 0.2) is 53.6 Å². The molecule has 0 aromatic heterocycles. The van der Waals surface area contributed by atoms with Crippen molar-refractivity contribution in [1.29, 1.82) is 0 Å². The molecule has 2 rings (SSSR count). The highest BCUT2D eigenvalue weighted by molar-refractivity contribution is 5.98. The van der Waals surface area contributed by atoms with Gasteiger partial charge in [0.15, 0.2) is 0 Å². The molecule has 1 atom stereocenters. The third-order valence-corrected chi connectivity index (χ3v) is 3.82. The minimum Gasteiger partial charge on any atom is -0.340 e. The molecule has 0 heterocycles. The number of nitrogens with one attached hydrogen (secondary N) is 2. The Bertz CT molecular complexity index is 914. The first-order valence-electron chi connectivity index (χ1n) is 8.42. The highest BCUT2D eigenvalue weighted by Gasteiger charge is 2.25. The SMILES string of the molecule is CC(C)C(NC(=O)c1ccccc1F)C(=O)NN=Cc1cccc([N+](=O)[O-])c1. The predicted molar refractivity (Wildman–Crippen MR) is 101 cm³/mol. The lowest BCUT2D eigenvalue weighted by molar-refractivity contribution is -0.384. The van der Waals surface area contributed by atoms with Gasteiger partial charge in [-0.15, -0.1) is 0 Å². The van der Waals surface area contributed by atoms with Gasteiger partial charge in [-0.2, -0.15) is 5.10 Å². The zero-order valence-corrected chi connectivity index (χ0v) is 15.3. The van der Waals surface area contributed by atoms with E-state index in [1.54, 1.807) is 19.9 Å². The van der Waals surface area contributed by atoms with Gasteiger partial charge in [0.05, 0.1) is 16.7 Å². The lowest BCUT2D eigenvalue weighted by atomic mass is 10.0. The molecule has 2 aromatic rings. The lowest BCUT2D eigenvalue weighted by Gasteiger charge is -2.20. The number of carbonyl (C=O) groups excluding carboxylic acids is 2. The van der Waals surface area contributed by atoms with Gasteiger partial charge in [0.1, 0.15) is 11.9 Å². The Morgan fingerprint density at radius 1 is 1.18 bits per heavy atom. The summed E-state index contributed by atoms with van der Waals surface area (Å²) >= 11 is 0. The molecule has 2 aromatic carbocycles. The number of non-ortho nitro benzene ring substituents is 1. The summed E-state index contributed by atoms with van der Waals surface area (Å²) in [5.74, 6) is -2.29. The van der Waals surface area contributed by atoms with E-state index in [0.29, 0.717) is 5.56 Å². The Hall–Kier alpha value is -3.62. The van der Waals surface area contributed by atoms with Gasteiger partial charge >= 0.3 is 0 Å². The van der Waals surface area contributed by atoms with Gasteiger partial charge in [0.25, 0.3) is 17.5 Å². The van der Waals surface area contributed by atoms with E-state index in [0.717, 1.165) is 6.07 Å². The van der Waals surface area contributed by atoms with Crippen molar-refractivity contribution in [2.24, 2.45) is 11.0 Å². The van der Waals surface area contributed by atoms with Gasteiger partial charge in [-0.1, -0.05) is 38.1 Å². The van der Waals surface area contributed by atoms with E-state index in [-0.39, 0.29) is 17.2 Å². The summed E-state index contributed by atoms with van der Waals surface area (Å²) in [6, 6.07) is 10.2. The molecule has 9 heteroatoms. The number of carbonyl (C=O) groups is 2. The molecular formula is C19H19FN4O4. The molecule has 0 fully saturated rings. The van der Waals surface area contributed by atoms with Crippen LogP contribution in [0.25, 0.3) is 0 Å². The Morgan fingerprint density at radius 3 is 2.54 bits per heavy atom. The predicted octanol–water partition coefficient (Wildman–Crippen LogP) is 2.64. The summed E-state index contributed by atoms with van der Waals surface area (Å²) in [5.41, 5.74) is 2.44. The molecule has 0 radical (unpaired) electrons. The topological polar surface area (TPSA) is 114 Å². The molecule has 28 heavy (non-hydrogen) atoms. The van der Waals surface area contributed by atoms with Crippen LogP contribution < -0.4 is 10.7 Å². The summed E-state index contributed by atoms with van der Waals surface area (Å²) in [4.78, 5) is 34.8. The van der Waals surface area contributed by atoms with Crippen molar-refractivity contribution in [2.45, 2.75) is 19.9 Å². The van der Waals surface area contributed by atoms with Gasteiger partial charge in [-0.05, 0) is 18.1 Å². The highest BCUT2D eigenvalue weighted by atomic mass is 19.1. The first-order chi connectivity index (χ1) is 13.3. The van der Waals surface area contributed by atoms with Gasteiger partial charge in [-0.3, -0.25) is 19.7 Å². The van der Waals surface area contributed by atoms with Gasteiger partial charge in [0.2, 0.25) is 0 Å². The maximum atomic E-state index is 13.7. The number of hydrogen-bond donors (Lipinski definition) is 2. The van der Waals surface area contributed by atoms with Crippen LogP contribution in [-0.4, -0.2) is 29.0 Å². The van der Waals surface area contributed by atoms with Gasteiger partial charge in [0, 0.05) is 17.7 Å². The normalized spacial score (nSPS) is 12.0. The fourth-order valence-corrected chi connectivity index (χ4v) is 2.36. The van der Waals surface area contributed by atoms with Gasteiger partial charge < -0.3 is 5.32 Å². The molecule has 2 amide bonds. The third kappa shape index (κ3) is 5.44. The van der Waals surface area contributed by atoms with Crippen molar-refractivity contribution >= 4 is 23.7 Å². The molecule has 1 unspecified atom stereocenters. The number of nitro groups is 1. The minimum atomic E-state index is -0.950. The number of nitrogens with zero attached hydrogens (tertiary/aromatic N) is 2. The van der Waals surface area contributed by atoms with E-state index in [1.807, 2.05) is 0 Å². The summed E-state index contributed by atoms with van der Waals surface area (Å²) in [5, 5.41) is 17.0. The Morgan fingerprint density at radius 2 is 1.89 bits per heavy atom. The second-order valence-corrected chi connectivity index (χ2v) is 6.26. The lowest BCUT2D eigenvalue weighted by Crippen LogP contribution is -2.48. The summed E-state index contributed by atoms with van der Waals surface area (Å²) in [7, 11) is 0. The third-order valence-electron chi connectivity index (χ3n) is 3.82. The number of nitro benzene ring substituents is 1. The quantitative estimate of drug-likeness (QED) is 0.432. The average molecular weight is 386 g/mol. The number of amides is 2. The van der Waals surface area contributed by atoms with Gasteiger partial charge in [-0.25, -0.2) is 9.82 Å². The van der Waals surface area contributed by atoms with Crippen LogP contribution in [0.4, 0.5) is 10.1 Å². The van der Waals surface area contributed by atoms with Crippen molar-refractivity contribution in [2.75, 3.05) is 0 Å². The summed E-state index contributed by atoms with van der Waals surface area (Å²) in [6.07, 6.45) is 1.25. The van der Waals surface area contributed by atoms with Crippen LogP contribution in [0.5, 0.6) is 0 Å². The standard InChI is InChI=1S/C19H19FN4O4/c1-12(2)17(22-18(25)15-8-3-4-9-16(15)20)19(26)23-21-11-13-6-5-7-14(10-13)24(27)28/h3-12,17H,1-2H3,(H,22,25)(H,23,26). The average Bonchev–Trinajstić information content (AvgIpc) is 2.66. The number of rotatable bonds is 7. The maximum absolute atomic E-state index is 13.7. The van der Waals surface area contributed by atoms with E-state index in [1.165, 1.54) is 42.6 Å². The van der Waals surface area contributed by atoms with Crippen LogP contribution in [-0.2, 0) is 4.79 Å². The first-order valence-corrected chi connectivity index (χ1v) is 8.42. The second-order valence-electron chi connectivity index (χ2n) is 6.26. The fourth-order valence-electron chi connectivity index (χ4n) is 2.36. The van der Waals surface area contributed by atoms with E-state index < -0.39 is 28.6 Å². The van der Waals surface area contributed by atoms with E-state index >= 15 is 0 Å². The monoisotopic (exact) mass is 386 g/mol. The van der Waals surface area contributed by atoms with Crippen molar-refractivity contribution in [3.63, 3.8) is 0 Å². The molecule has 0 bridgehead atoms. The van der Waals surface area contributed by atoms with E-state index in [2.05, 4.69) is 15.8 Å². The van der Waals surface area contributed by atoms with Crippen LogP contribution >= 0.6 is 0 Å². The molecule has 0 aliphatic rings. The Kier molecular flexibility index (Phi) is 6.91. The zero-order valence-electron chi connectivity index (χ0n) is 15.3. The summed E-state index contributed by atoms with van der Waals surface area (Å²) in [6.45, 7) is 3.44. The summed E-state index contributed by atoms with van der Waals surface area (Å²) < 4.78 is 13.7. The first kappa shape index (κ1) is 20.7. The molecule has 8 nitrogen and oxygen atoms in total. The number of benzene rings is 2. The number of hydrazone groups is 1. The van der Waals surface area contributed by atoms with Crippen molar-refractivity contribution < 1.29 is 18.9 Å². The number of halogens is 1. The molecule has 0 saturated heterocycles. The van der Waals surface area contributed by atoms with E-state index in [4.69, 9.17) is 0 Å². The minimum absolute atomic E-state index is 0.104. The molecule has 0 aliphatic heterocycles. The smallest absolute Gasteiger partial charge is 0.270 e. The van der Waals surface area contributed by atoms with Crippen LogP contribution in [0.1, 0.15) is 29.8 Å².